The number of nitrogens with zero attached hydrogens (tertiary/aromatic N) is 3. The molecule has 1 aliphatic heterocycles. The van der Waals surface area contributed by atoms with Crippen molar-refractivity contribution in [3.8, 4) is 28.3 Å². The van der Waals surface area contributed by atoms with Gasteiger partial charge in [-0.3, -0.25) is 23.9 Å². The summed E-state index contributed by atoms with van der Waals surface area (Å²) in [7, 11) is -3.21. The van der Waals surface area contributed by atoms with Crippen molar-refractivity contribution < 1.29 is 37.1 Å². The third-order valence-electron chi connectivity index (χ3n) is 9.54. The molecule has 57 heavy (non-hydrogen) atoms. The van der Waals surface area contributed by atoms with Crippen LogP contribution in [0.1, 0.15) is 79.9 Å². The number of carbonyl (C=O) groups excluding carboxylic acids is 4. The zero-order chi connectivity index (χ0) is 41.2. The van der Waals surface area contributed by atoms with Crippen molar-refractivity contribution in [2.45, 2.75) is 77.7 Å². The number of methoxy groups -OCH3 is 1. The molecule has 5 rings (SSSR count). The van der Waals surface area contributed by atoms with Crippen LogP contribution in [0, 0.1) is 5.92 Å². The number of rotatable bonds is 18. The quantitative estimate of drug-likeness (QED) is 0.0904. The molecule has 1 saturated heterocycles. The lowest BCUT2D eigenvalue weighted by molar-refractivity contribution is -0.144. The Labute approximate surface area is 338 Å². The Morgan fingerprint density at radius 1 is 0.877 bits per heavy atom. The fourth-order valence-electron chi connectivity index (χ4n) is 6.11. The lowest BCUT2D eigenvalue weighted by Gasteiger charge is -2.40. The molecule has 0 radical (unpaired) electrons. The van der Waals surface area contributed by atoms with Crippen molar-refractivity contribution in [3.05, 3.63) is 88.4 Å². The Morgan fingerprint density at radius 3 is 2.14 bits per heavy atom. The minimum atomic E-state index is -4.26. The lowest BCUT2D eigenvalue weighted by atomic mass is 9.95. The van der Waals surface area contributed by atoms with E-state index in [1.165, 1.54) is 41.9 Å². The van der Waals surface area contributed by atoms with Crippen LogP contribution in [0.4, 0.5) is 0 Å². The minimum Gasteiger partial charge on any atom is -0.494 e. The zero-order valence-electron chi connectivity index (χ0n) is 33.1. The summed E-state index contributed by atoms with van der Waals surface area (Å²) in [6.07, 6.45) is 9.63. The van der Waals surface area contributed by atoms with Gasteiger partial charge >= 0.3 is 5.97 Å². The molecule has 0 bridgehead atoms. The minimum absolute atomic E-state index is 0.0542. The highest BCUT2D eigenvalue weighted by Crippen LogP contribution is 2.30. The summed E-state index contributed by atoms with van der Waals surface area (Å²) in [5.74, 6) is -3.10. The Kier molecular flexibility index (Phi) is 14.6. The van der Waals surface area contributed by atoms with Crippen molar-refractivity contribution in [1.82, 2.24) is 24.9 Å². The number of benzene rings is 2. The summed E-state index contributed by atoms with van der Waals surface area (Å²) in [6.45, 7) is 8.96. The van der Waals surface area contributed by atoms with Gasteiger partial charge in [-0.25, -0.2) is 18.4 Å². The molecule has 2 aromatic heterocycles. The standard InChI is InChI=1S/C42H51N5O8S2/c1-6-7-8-9-10-21-55-33-17-15-29(16-18-33)31-23-43-38(44-24-31)30-13-11-28(12-14-30)22-34(45-40(50)35-19-20-36(56-35)42(2,3)4)41(51)47-25-32(26-47)39(49)46-57(52,53)27-37(48)54-5/h11-20,23-24,32,34H,6-10,21-22,25-27H2,1-5H3,(H,45,50)(H,46,49)/t34-/m0/s1. The Bertz CT molecular complexity index is 2110. The van der Waals surface area contributed by atoms with Gasteiger partial charge in [-0.2, -0.15) is 0 Å². The monoisotopic (exact) mass is 817 g/mol. The molecule has 304 valence electrons. The van der Waals surface area contributed by atoms with Crippen LogP contribution in [-0.2, 0) is 41.0 Å². The number of aromatic nitrogens is 2. The molecule has 0 saturated carbocycles. The van der Waals surface area contributed by atoms with E-state index in [9.17, 15) is 27.6 Å². The van der Waals surface area contributed by atoms with E-state index in [-0.39, 0.29) is 24.9 Å². The smallest absolute Gasteiger partial charge is 0.322 e. The van der Waals surface area contributed by atoms with Crippen LogP contribution in [0.2, 0.25) is 0 Å². The van der Waals surface area contributed by atoms with E-state index >= 15 is 0 Å². The van der Waals surface area contributed by atoms with Gasteiger partial charge in [-0.1, -0.05) is 89.8 Å². The first kappa shape index (κ1) is 43.0. The highest BCUT2D eigenvalue weighted by atomic mass is 32.2. The van der Waals surface area contributed by atoms with Crippen LogP contribution in [-0.4, -0.2) is 85.6 Å². The molecule has 1 atom stereocenters. The van der Waals surface area contributed by atoms with Crippen LogP contribution in [0.5, 0.6) is 5.75 Å². The number of hydrogen-bond donors (Lipinski definition) is 2. The summed E-state index contributed by atoms with van der Waals surface area (Å²) >= 11 is 1.36. The largest absolute Gasteiger partial charge is 0.494 e. The van der Waals surface area contributed by atoms with E-state index in [4.69, 9.17) is 4.74 Å². The number of nitrogens with one attached hydrogen (secondary N) is 2. The first-order valence-electron chi connectivity index (χ1n) is 19.1. The lowest BCUT2D eigenvalue weighted by Crippen LogP contribution is -2.61. The van der Waals surface area contributed by atoms with Crippen LogP contribution < -0.4 is 14.8 Å². The maximum Gasteiger partial charge on any atom is 0.322 e. The third kappa shape index (κ3) is 12.2. The molecule has 1 aliphatic rings. The predicted molar refractivity (Wildman–Crippen MR) is 219 cm³/mol. The Morgan fingerprint density at radius 2 is 1.53 bits per heavy atom. The molecular weight excluding hydrogens is 767 g/mol. The summed E-state index contributed by atoms with van der Waals surface area (Å²) in [5.41, 5.74) is 3.22. The maximum atomic E-state index is 13.8. The van der Waals surface area contributed by atoms with Gasteiger partial charge in [0.1, 0.15) is 11.8 Å². The molecule has 4 aromatic rings. The molecule has 3 amide bonds. The van der Waals surface area contributed by atoms with Crippen LogP contribution >= 0.6 is 11.3 Å². The topological polar surface area (TPSA) is 174 Å². The number of ether oxygens (including phenoxy) is 2. The van der Waals surface area contributed by atoms with E-state index in [2.05, 4.69) is 47.7 Å². The summed E-state index contributed by atoms with van der Waals surface area (Å²) in [5, 5.41) is 2.90. The Balaban J connectivity index is 1.23. The number of sulfonamides is 1. The van der Waals surface area contributed by atoms with Gasteiger partial charge in [0.15, 0.2) is 11.6 Å². The first-order chi connectivity index (χ1) is 27.2. The average molecular weight is 818 g/mol. The van der Waals surface area contributed by atoms with E-state index in [0.717, 1.165) is 46.4 Å². The van der Waals surface area contributed by atoms with Gasteiger partial charge in [0.2, 0.25) is 21.8 Å². The molecule has 13 nitrogen and oxygen atoms in total. The second kappa shape index (κ2) is 19.3. The summed E-state index contributed by atoms with van der Waals surface area (Å²) in [6, 6.07) is 18.0. The van der Waals surface area contributed by atoms with Crippen molar-refractivity contribution in [2.75, 3.05) is 32.6 Å². The molecule has 2 aromatic carbocycles. The number of amides is 3. The van der Waals surface area contributed by atoms with Crippen LogP contribution in [0.15, 0.2) is 73.1 Å². The normalized spacial score (nSPS) is 13.7. The van der Waals surface area contributed by atoms with E-state index in [1.54, 1.807) is 18.5 Å². The SMILES string of the molecule is CCCCCCCOc1ccc(-c2cnc(-c3ccc(C[C@H](NC(=O)c4ccc(C(C)(C)C)s4)C(=O)N4CC(C(=O)NS(=O)(=O)CC(=O)OC)C4)cc3)nc2)cc1. The van der Waals surface area contributed by atoms with Crippen molar-refractivity contribution in [3.63, 3.8) is 0 Å². The predicted octanol–water partition coefficient (Wildman–Crippen LogP) is 5.94. The maximum absolute atomic E-state index is 13.8. The van der Waals surface area contributed by atoms with Crippen molar-refractivity contribution in [1.29, 1.82) is 0 Å². The van der Waals surface area contributed by atoms with E-state index < -0.39 is 51.4 Å². The molecule has 3 heterocycles. The number of carbonyl (C=O) groups is 4. The van der Waals surface area contributed by atoms with Gasteiger partial charge in [0.25, 0.3) is 5.91 Å². The zero-order valence-corrected chi connectivity index (χ0v) is 34.7. The molecule has 2 N–H and O–H groups in total. The number of esters is 1. The molecule has 0 unspecified atom stereocenters. The average Bonchev–Trinajstić information content (AvgIpc) is 3.68. The van der Waals surface area contributed by atoms with Gasteiger partial charge in [0, 0.05) is 47.9 Å². The molecular formula is C42H51N5O8S2. The van der Waals surface area contributed by atoms with Gasteiger partial charge in [0.05, 0.1) is 24.5 Å². The summed E-state index contributed by atoms with van der Waals surface area (Å²) in [4.78, 5) is 63.4. The molecule has 0 aliphatic carbocycles. The van der Waals surface area contributed by atoms with Gasteiger partial charge < -0.3 is 19.7 Å². The second-order valence-corrected chi connectivity index (χ2v) is 18.0. The van der Waals surface area contributed by atoms with E-state index in [1.807, 2.05) is 59.3 Å². The van der Waals surface area contributed by atoms with Gasteiger partial charge in [-0.05, 0) is 47.2 Å². The van der Waals surface area contributed by atoms with E-state index in [0.29, 0.717) is 17.3 Å². The number of likely N-dealkylation sites (tertiary alicyclic amines) is 1. The molecule has 1 fully saturated rings. The van der Waals surface area contributed by atoms with Gasteiger partial charge in [-0.15, -0.1) is 11.3 Å². The summed E-state index contributed by atoms with van der Waals surface area (Å²) < 4.78 is 36.5. The number of unbranched alkanes of at least 4 members (excludes halogenated alkanes) is 4. The molecule has 0 spiro atoms. The third-order valence-corrected chi connectivity index (χ3v) is 12.2. The number of thiophene rings is 1. The van der Waals surface area contributed by atoms with Crippen molar-refractivity contribution in [2.24, 2.45) is 5.92 Å². The van der Waals surface area contributed by atoms with Crippen LogP contribution in [0.25, 0.3) is 22.5 Å². The van der Waals surface area contributed by atoms with Crippen LogP contribution in [0.3, 0.4) is 0 Å². The second-order valence-electron chi connectivity index (χ2n) is 15.2. The highest BCUT2D eigenvalue weighted by molar-refractivity contribution is 7.90. The Hall–Kier alpha value is -5.15. The first-order valence-corrected chi connectivity index (χ1v) is 21.6. The highest BCUT2D eigenvalue weighted by Gasteiger charge is 2.40. The number of hydrogen-bond acceptors (Lipinski definition) is 11. The molecule has 15 heteroatoms. The van der Waals surface area contributed by atoms with Crippen molar-refractivity contribution >= 4 is 45.1 Å². The fourth-order valence-corrected chi connectivity index (χ4v) is 8.06. The fraction of sp³-hybridized carbons (Fsp3) is 0.429.